The molecule has 2 nitrogen and oxygen atoms in total. The van der Waals surface area contributed by atoms with E-state index in [9.17, 15) is 0 Å². The van der Waals surface area contributed by atoms with E-state index in [0.717, 1.165) is 39.0 Å². The highest BCUT2D eigenvalue weighted by Crippen LogP contribution is 2.52. The number of rotatable bonds is 5. The predicted octanol–water partition coefficient (Wildman–Crippen LogP) is 11.0. The standard InChI is InChI=1S/C48H31NOS2Si/c1-3-13-32(14-4-1)49(33-15-5-2-6-16-33)34-23-25-35(26-24-34)53(36-27-28-38-37-17-7-9-19-40(37)50-41(38)31-36)45-22-12-8-18-39(45)47-46(53)30-29-44-48(47)52-43-21-11-10-20-42(43)51-44/h1-31H. The summed E-state index contributed by atoms with van der Waals surface area (Å²) >= 11 is 3.82. The lowest BCUT2D eigenvalue weighted by Gasteiger charge is -2.32. The van der Waals surface area contributed by atoms with E-state index < -0.39 is 8.07 Å². The van der Waals surface area contributed by atoms with Crippen LogP contribution in [0, 0.1) is 0 Å². The summed E-state index contributed by atoms with van der Waals surface area (Å²) < 4.78 is 6.60. The van der Waals surface area contributed by atoms with Crippen molar-refractivity contribution in [3.63, 3.8) is 0 Å². The van der Waals surface area contributed by atoms with Crippen LogP contribution in [0.1, 0.15) is 0 Å². The van der Waals surface area contributed by atoms with E-state index in [0.29, 0.717) is 0 Å². The molecule has 53 heavy (non-hydrogen) atoms. The molecule has 0 aliphatic carbocycles. The number of para-hydroxylation sites is 3. The van der Waals surface area contributed by atoms with Crippen LogP contribution < -0.4 is 25.6 Å². The zero-order valence-corrected chi connectivity index (χ0v) is 31.2. The Morgan fingerprint density at radius 2 is 1.02 bits per heavy atom. The molecule has 8 aromatic carbocycles. The zero-order chi connectivity index (χ0) is 34.9. The first-order valence-electron chi connectivity index (χ1n) is 17.9. The molecule has 1 aromatic heterocycles. The summed E-state index contributed by atoms with van der Waals surface area (Å²) in [6.45, 7) is 0. The second-order valence-corrected chi connectivity index (χ2v) is 19.5. The van der Waals surface area contributed by atoms with Crippen molar-refractivity contribution in [2.75, 3.05) is 4.90 Å². The first kappa shape index (κ1) is 30.9. The van der Waals surface area contributed by atoms with Crippen LogP contribution in [0.5, 0.6) is 0 Å². The molecule has 0 radical (unpaired) electrons. The molecule has 0 amide bonds. The maximum atomic E-state index is 6.60. The molecule has 1 unspecified atom stereocenters. The molecule has 0 bridgehead atoms. The largest absolute Gasteiger partial charge is 0.456 e. The lowest BCUT2D eigenvalue weighted by atomic mass is 10.1. The number of hydrogen-bond donors (Lipinski definition) is 0. The number of furan rings is 1. The second kappa shape index (κ2) is 12.2. The Labute approximate surface area is 317 Å². The van der Waals surface area contributed by atoms with Gasteiger partial charge in [0.1, 0.15) is 11.2 Å². The van der Waals surface area contributed by atoms with Crippen molar-refractivity contribution in [3.05, 3.63) is 188 Å². The summed E-state index contributed by atoms with van der Waals surface area (Å²) in [6, 6.07) is 69.1. The predicted molar refractivity (Wildman–Crippen MR) is 226 cm³/mol. The summed E-state index contributed by atoms with van der Waals surface area (Å²) in [5.74, 6) is 0. The van der Waals surface area contributed by atoms with Gasteiger partial charge in [-0.2, -0.15) is 0 Å². The Morgan fingerprint density at radius 1 is 0.415 bits per heavy atom. The minimum Gasteiger partial charge on any atom is -0.456 e. The van der Waals surface area contributed by atoms with Gasteiger partial charge in [-0.3, -0.25) is 0 Å². The van der Waals surface area contributed by atoms with Crippen molar-refractivity contribution < 1.29 is 4.42 Å². The smallest absolute Gasteiger partial charge is 0.181 e. The molecular formula is C48H31NOS2Si. The molecule has 3 heterocycles. The summed E-state index contributed by atoms with van der Waals surface area (Å²) in [6.07, 6.45) is 0. The van der Waals surface area contributed by atoms with E-state index in [1.807, 2.05) is 23.5 Å². The highest BCUT2D eigenvalue weighted by atomic mass is 32.2. The van der Waals surface area contributed by atoms with Crippen LogP contribution in [0.4, 0.5) is 17.1 Å². The zero-order valence-electron chi connectivity index (χ0n) is 28.6. The van der Waals surface area contributed by atoms with Gasteiger partial charge in [0.25, 0.3) is 0 Å². The maximum absolute atomic E-state index is 6.60. The normalized spacial score (nSPS) is 15.5. The molecule has 5 heteroatoms. The van der Waals surface area contributed by atoms with Gasteiger partial charge < -0.3 is 9.32 Å². The van der Waals surface area contributed by atoms with Crippen molar-refractivity contribution in [1.82, 2.24) is 0 Å². The third kappa shape index (κ3) is 4.68. The lowest BCUT2D eigenvalue weighted by molar-refractivity contribution is 0.669. The summed E-state index contributed by atoms with van der Waals surface area (Å²) in [5, 5.41) is 7.88. The monoisotopic (exact) mass is 729 g/mol. The van der Waals surface area contributed by atoms with Gasteiger partial charge in [0.2, 0.25) is 0 Å². The molecule has 0 spiro atoms. The van der Waals surface area contributed by atoms with Gasteiger partial charge in [-0.05, 0) is 98.6 Å². The Balaban J connectivity index is 1.17. The van der Waals surface area contributed by atoms with Gasteiger partial charge in [-0.25, -0.2) is 0 Å². The van der Waals surface area contributed by atoms with E-state index >= 15 is 0 Å². The fourth-order valence-electron chi connectivity index (χ4n) is 8.56. The van der Waals surface area contributed by atoms with Crippen molar-refractivity contribution in [1.29, 1.82) is 0 Å². The van der Waals surface area contributed by atoms with Gasteiger partial charge in [0.15, 0.2) is 8.07 Å². The minimum absolute atomic E-state index is 0.926. The van der Waals surface area contributed by atoms with E-state index in [-0.39, 0.29) is 0 Å². The fourth-order valence-corrected chi connectivity index (χ4v) is 16.2. The Morgan fingerprint density at radius 3 is 1.79 bits per heavy atom. The van der Waals surface area contributed by atoms with Crippen LogP contribution in [0.2, 0.25) is 0 Å². The van der Waals surface area contributed by atoms with Gasteiger partial charge in [0.05, 0.1) is 0 Å². The van der Waals surface area contributed by atoms with Crippen LogP contribution in [0.15, 0.2) is 212 Å². The first-order chi connectivity index (χ1) is 26.3. The Hall–Kier alpha value is -5.72. The Bertz CT molecular complexity index is 2810. The van der Waals surface area contributed by atoms with Crippen LogP contribution >= 0.6 is 23.5 Å². The number of nitrogens with zero attached hydrogens (tertiary/aromatic N) is 1. The van der Waals surface area contributed by atoms with E-state index in [1.165, 1.54) is 51.5 Å². The molecule has 11 rings (SSSR count). The number of fused-ring (bicyclic) bond motifs is 9. The summed E-state index contributed by atoms with van der Waals surface area (Å²) in [7, 11) is -2.86. The van der Waals surface area contributed by atoms with Crippen molar-refractivity contribution >= 4 is 91.3 Å². The summed E-state index contributed by atoms with van der Waals surface area (Å²) in [4.78, 5) is 7.69. The van der Waals surface area contributed by atoms with Gasteiger partial charge in [-0.1, -0.05) is 145 Å². The quantitative estimate of drug-likeness (QED) is 0.164. The average Bonchev–Trinajstić information content (AvgIpc) is 3.75. The molecule has 0 fully saturated rings. The first-order valence-corrected chi connectivity index (χ1v) is 21.6. The molecule has 2 aliphatic rings. The Kier molecular flexibility index (Phi) is 7.09. The molecule has 1 atom stereocenters. The van der Waals surface area contributed by atoms with Crippen molar-refractivity contribution in [3.8, 4) is 11.1 Å². The number of benzene rings is 8. The van der Waals surface area contributed by atoms with E-state index in [1.54, 1.807) is 0 Å². The van der Waals surface area contributed by atoms with Gasteiger partial charge >= 0.3 is 0 Å². The van der Waals surface area contributed by atoms with Crippen LogP contribution in [-0.4, -0.2) is 8.07 Å². The van der Waals surface area contributed by atoms with Crippen LogP contribution in [0.3, 0.4) is 0 Å². The summed E-state index contributed by atoms with van der Waals surface area (Å²) in [5.41, 5.74) is 7.99. The van der Waals surface area contributed by atoms with Crippen molar-refractivity contribution in [2.24, 2.45) is 0 Å². The average molecular weight is 730 g/mol. The molecule has 9 aromatic rings. The van der Waals surface area contributed by atoms with E-state index in [4.69, 9.17) is 4.42 Å². The minimum atomic E-state index is -2.86. The molecule has 250 valence electrons. The third-order valence-corrected chi connectivity index (χ3v) is 18.2. The number of anilines is 3. The van der Waals surface area contributed by atoms with Crippen molar-refractivity contribution in [2.45, 2.75) is 19.6 Å². The molecular weight excluding hydrogens is 699 g/mol. The molecule has 0 saturated carbocycles. The lowest BCUT2D eigenvalue weighted by Crippen LogP contribution is -2.72. The SMILES string of the molecule is c1ccc(N(c2ccccc2)c2ccc([Si]3(c4ccc5c(c4)oc4ccccc45)c4ccccc4-c4c3ccc3c4Sc4ccccc4S3)cc2)cc1. The van der Waals surface area contributed by atoms with Gasteiger partial charge in [0, 0.05) is 47.4 Å². The highest BCUT2D eigenvalue weighted by molar-refractivity contribution is 8.05. The molecule has 0 N–H and O–H groups in total. The number of hydrogen-bond acceptors (Lipinski definition) is 4. The van der Waals surface area contributed by atoms with E-state index in [2.05, 4.69) is 193 Å². The van der Waals surface area contributed by atoms with Crippen LogP contribution in [0.25, 0.3) is 33.1 Å². The maximum Gasteiger partial charge on any atom is 0.181 e. The fraction of sp³-hybridized carbons (Fsp3) is 0. The van der Waals surface area contributed by atoms with Gasteiger partial charge in [-0.15, -0.1) is 0 Å². The highest BCUT2D eigenvalue weighted by Gasteiger charge is 2.50. The van der Waals surface area contributed by atoms with Crippen LogP contribution in [-0.2, 0) is 0 Å². The topological polar surface area (TPSA) is 16.4 Å². The molecule has 0 saturated heterocycles. The molecule has 2 aliphatic heterocycles. The third-order valence-electron chi connectivity index (χ3n) is 10.8. The second-order valence-electron chi connectivity index (χ2n) is 13.6.